The van der Waals surface area contributed by atoms with E-state index >= 15 is 0 Å². The first-order valence-electron chi connectivity index (χ1n) is 14.4. The molecule has 0 atom stereocenters. The quantitative estimate of drug-likeness (QED) is 0.241. The first-order chi connectivity index (χ1) is 17.2. The Morgan fingerprint density at radius 1 is 0.395 bits per heavy atom. The van der Waals surface area contributed by atoms with Gasteiger partial charge in [0.05, 0.1) is 0 Å². The van der Waals surface area contributed by atoms with Crippen LogP contribution in [0.2, 0.25) is 0 Å². The second-order valence-electron chi connectivity index (χ2n) is 15.7. The number of rotatable bonds is 1. The normalized spacial score (nSPS) is 13.5. The topological polar surface area (TPSA) is 0 Å². The average Bonchev–Trinajstić information content (AvgIpc) is 2.75. The molecule has 38 heavy (non-hydrogen) atoms. The molecule has 0 aliphatic carbocycles. The van der Waals surface area contributed by atoms with Crippen molar-refractivity contribution in [3.05, 3.63) is 81.9 Å². The van der Waals surface area contributed by atoms with E-state index in [2.05, 4.69) is 145 Å². The molecule has 202 valence electrons. The zero-order valence-corrected chi connectivity index (χ0v) is 26.6. The highest BCUT2D eigenvalue weighted by Gasteiger charge is 2.27. The molecule has 0 saturated heterocycles. The highest BCUT2D eigenvalue weighted by Crippen LogP contribution is 2.46. The lowest BCUT2D eigenvalue weighted by molar-refractivity contribution is 0.585. The molecule has 4 aromatic carbocycles. The van der Waals surface area contributed by atoms with Gasteiger partial charge in [0, 0.05) is 0 Å². The van der Waals surface area contributed by atoms with Crippen molar-refractivity contribution in [3.8, 4) is 11.1 Å². The molecule has 0 aliphatic heterocycles. The van der Waals surface area contributed by atoms with Crippen LogP contribution >= 0.6 is 0 Å². The Labute approximate surface area is 232 Å². The van der Waals surface area contributed by atoms with Gasteiger partial charge in [-0.15, -0.1) is 0 Å². The maximum absolute atomic E-state index is 2.46. The van der Waals surface area contributed by atoms with Gasteiger partial charge in [-0.2, -0.15) is 0 Å². The summed E-state index contributed by atoms with van der Waals surface area (Å²) in [7, 11) is 0. The second-order valence-corrected chi connectivity index (χ2v) is 15.7. The van der Waals surface area contributed by atoms with Gasteiger partial charge < -0.3 is 0 Å². The number of benzene rings is 4. The Morgan fingerprint density at radius 3 is 0.974 bits per heavy atom. The van der Waals surface area contributed by atoms with Crippen molar-refractivity contribution in [2.45, 2.75) is 119 Å². The summed E-state index contributed by atoms with van der Waals surface area (Å²) in [6.07, 6.45) is 0. The van der Waals surface area contributed by atoms with Gasteiger partial charge in [-0.1, -0.05) is 132 Å². The maximum Gasteiger partial charge on any atom is -0.00642 e. The van der Waals surface area contributed by atoms with Crippen molar-refractivity contribution < 1.29 is 0 Å². The van der Waals surface area contributed by atoms with Crippen molar-refractivity contribution in [2.75, 3.05) is 0 Å². The van der Waals surface area contributed by atoms with Crippen molar-refractivity contribution in [2.24, 2.45) is 0 Å². The Balaban J connectivity index is 2.26. The summed E-state index contributed by atoms with van der Waals surface area (Å²) in [6.45, 7) is 32.7. The predicted molar refractivity (Wildman–Crippen MR) is 171 cm³/mol. The standard InChI is InChI=1S/C38H50/c1-23-31(37(9,10)11)21-25-19-27(35(3,4)5)15-17-29(25)33(23)34-24(2)32(38(12,13)14)22-26-20-28(36(6,7)8)16-18-30(26)34/h15-22H,1-14H3. The van der Waals surface area contributed by atoms with Crippen LogP contribution in [0.3, 0.4) is 0 Å². The first kappa shape index (κ1) is 28.4. The Morgan fingerprint density at radius 2 is 0.711 bits per heavy atom. The van der Waals surface area contributed by atoms with Gasteiger partial charge in [0.1, 0.15) is 0 Å². The molecule has 0 aliphatic rings. The summed E-state index contributed by atoms with van der Waals surface area (Å²) in [6, 6.07) is 19.3. The summed E-state index contributed by atoms with van der Waals surface area (Å²) in [5.41, 5.74) is 11.6. The fourth-order valence-corrected chi connectivity index (χ4v) is 6.16. The molecule has 0 bridgehead atoms. The van der Waals surface area contributed by atoms with E-state index in [1.165, 1.54) is 66.1 Å². The molecule has 0 aromatic heterocycles. The lowest BCUT2D eigenvalue weighted by Crippen LogP contribution is -2.16. The molecule has 0 radical (unpaired) electrons. The number of fused-ring (bicyclic) bond motifs is 2. The minimum Gasteiger partial charge on any atom is -0.0578 e. The van der Waals surface area contributed by atoms with E-state index in [0.717, 1.165) is 0 Å². The van der Waals surface area contributed by atoms with Crippen LogP contribution in [0.4, 0.5) is 0 Å². The third kappa shape index (κ3) is 5.04. The lowest BCUT2D eigenvalue weighted by atomic mass is 9.74. The summed E-state index contributed by atoms with van der Waals surface area (Å²) in [4.78, 5) is 0. The Bertz CT molecular complexity index is 1410. The van der Waals surface area contributed by atoms with E-state index in [1.54, 1.807) is 0 Å². The van der Waals surface area contributed by atoms with Crippen LogP contribution in [0.25, 0.3) is 32.7 Å². The molecule has 0 unspecified atom stereocenters. The third-order valence-corrected chi connectivity index (χ3v) is 8.40. The van der Waals surface area contributed by atoms with Crippen molar-refractivity contribution >= 4 is 21.5 Å². The largest absolute Gasteiger partial charge is 0.0578 e. The molecule has 0 heterocycles. The molecule has 0 nitrogen and oxygen atoms in total. The fourth-order valence-electron chi connectivity index (χ4n) is 6.16. The van der Waals surface area contributed by atoms with Gasteiger partial charge in [-0.05, 0) is 102 Å². The predicted octanol–water partition coefficient (Wildman–Crippen LogP) is 11.5. The molecular weight excluding hydrogens is 456 g/mol. The molecule has 4 aromatic rings. The maximum atomic E-state index is 2.46. The molecule has 0 spiro atoms. The van der Waals surface area contributed by atoms with Gasteiger partial charge in [-0.25, -0.2) is 0 Å². The molecule has 0 amide bonds. The zero-order chi connectivity index (χ0) is 28.6. The smallest absolute Gasteiger partial charge is 0.00642 e. The molecule has 4 rings (SSSR count). The summed E-state index contributed by atoms with van der Waals surface area (Å²) in [5, 5.41) is 5.42. The second kappa shape index (κ2) is 8.97. The minimum atomic E-state index is 0.0511. The fraction of sp³-hybridized carbons (Fsp3) is 0.474. The van der Waals surface area contributed by atoms with Crippen LogP contribution < -0.4 is 0 Å². The van der Waals surface area contributed by atoms with Gasteiger partial charge in [-0.3, -0.25) is 0 Å². The van der Waals surface area contributed by atoms with E-state index in [9.17, 15) is 0 Å². The average molecular weight is 507 g/mol. The minimum absolute atomic E-state index is 0.0511. The first-order valence-corrected chi connectivity index (χ1v) is 14.4. The van der Waals surface area contributed by atoms with Crippen LogP contribution in [0.1, 0.15) is 116 Å². The van der Waals surface area contributed by atoms with E-state index in [4.69, 9.17) is 0 Å². The van der Waals surface area contributed by atoms with Crippen molar-refractivity contribution in [1.82, 2.24) is 0 Å². The van der Waals surface area contributed by atoms with E-state index in [1.807, 2.05) is 0 Å². The summed E-state index contributed by atoms with van der Waals surface area (Å²) < 4.78 is 0. The van der Waals surface area contributed by atoms with Crippen molar-refractivity contribution in [1.29, 1.82) is 0 Å². The summed E-state index contributed by atoms with van der Waals surface area (Å²) in [5.74, 6) is 0. The molecule has 0 fully saturated rings. The SMILES string of the molecule is Cc1c(C(C)(C)C)cc2cc(C(C)(C)C)ccc2c1-c1c(C)c(C(C)(C)C)cc2cc(C(C)(C)C)ccc12. The highest BCUT2D eigenvalue weighted by atomic mass is 14.3. The molecule has 0 N–H and O–H groups in total. The number of hydrogen-bond acceptors (Lipinski definition) is 0. The van der Waals surface area contributed by atoms with Crippen LogP contribution in [-0.4, -0.2) is 0 Å². The summed E-state index contributed by atoms with van der Waals surface area (Å²) >= 11 is 0. The molecule has 0 heteroatoms. The molecular formula is C38H50. The highest BCUT2D eigenvalue weighted by molar-refractivity contribution is 6.09. The Hall–Kier alpha value is -2.60. The van der Waals surface area contributed by atoms with Crippen molar-refractivity contribution in [3.63, 3.8) is 0 Å². The zero-order valence-electron chi connectivity index (χ0n) is 26.6. The van der Waals surface area contributed by atoms with Gasteiger partial charge in [0.15, 0.2) is 0 Å². The van der Waals surface area contributed by atoms with E-state index < -0.39 is 0 Å². The van der Waals surface area contributed by atoms with Crippen LogP contribution in [0.5, 0.6) is 0 Å². The third-order valence-electron chi connectivity index (χ3n) is 8.40. The van der Waals surface area contributed by atoms with E-state index in [-0.39, 0.29) is 21.7 Å². The van der Waals surface area contributed by atoms with Crippen LogP contribution in [-0.2, 0) is 21.7 Å². The van der Waals surface area contributed by atoms with Crippen LogP contribution in [0.15, 0.2) is 48.5 Å². The van der Waals surface area contributed by atoms with Gasteiger partial charge >= 0.3 is 0 Å². The number of hydrogen-bond donors (Lipinski definition) is 0. The van der Waals surface area contributed by atoms with Crippen LogP contribution in [0, 0.1) is 13.8 Å². The monoisotopic (exact) mass is 506 g/mol. The Kier molecular flexibility index (Phi) is 6.71. The molecule has 0 saturated carbocycles. The van der Waals surface area contributed by atoms with Gasteiger partial charge in [0.25, 0.3) is 0 Å². The van der Waals surface area contributed by atoms with Gasteiger partial charge in [0.2, 0.25) is 0 Å². The lowest BCUT2D eigenvalue weighted by Gasteiger charge is -2.30. The van der Waals surface area contributed by atoms with E-state index in [0.29, 0.717) is 0 Å².